The van der Waals surface area contributed by atoms with Crippen LogP contribution in [0.5, 0.6) is 0 Å². The molecule has 1 aliphatic rings. The summed E-state index contributed by atoms with van der Waals surface area (Å²) in [4.78, 5) is 0. The summed E-state index contributed by atoms with van der Waals surface area (Å²) < 4.78 is 24.2. The molecule has 18 heavy (non-hydrogen) atoms. The van der Waals surface area contributed by atoms with Crippen molar-refractivity contribution in [3.05, 3.63) is 28.7 Å². The monoisotopic (exact) mass is 331 g/mol. The molecular formula is C13H18BrNO2S. The summed E-state index contributed by atoms with van der Waals surface area (Å²) in [6.07, 6.45) is 4.88. The highest BCUT2D eigenvalue weighted by Crippen LogP contribution is 2.27. The minimum absolute atomic E-state index is 0.184. The second-order valence-electron chi connectivity index (χ2n) is 4.97. The van der Waals surface area contributed by atoms with Crippen LogP contribution in [0.25, 0.3) is 0 Å². The highest BCUT2D eigenvalue weighted by atomic mass is 79.9. The van der Waals surface area contributed by atoms with E-state index in [4.69, 9.17) is 0 Å². The summed E-state index contributed by atoms with van der Waals surface area (Å²) in [5, 5.41) is 3.24. The second kappa shape index (κ2) is 5.61. The number of nitrogens with one attached hydrogen (secondary N) is 1. The van der Waals surface area contributed by atoms with Gasteiger partial charge >= 0.3 is 0 Å². The molecule has 2 rings (SSSR count). The van der Waals surface area contributed by atoms with E-state index in [0.29, 0.717) is 6.42 Å². The summed E-state index contributed by atoms with van der Waals surface area (Å²) in [7, 11) is -2.91. The van der Waals surface area contributed by atoms with Crippen molar-refractivity contribution in [3.63, 3.8) is 0 Å². The van der Waals surface area contributed by atoms with Gasteiger partial charge in [-0.1, -0.05) is 28.4 Å². The number of hydrogen-bond donors (Lipinski definition) is 1. The van der Waals surface area contributed by atoms with E-state index in [1.165, 1.54) is 6.26 Å². The third-order valence-electron chi connectivity index (χ3n) is 3.43. The summed E-state index contributed by atoms with van der Waals surface area (Å²) in [6.45, 7) is 0. The quantitative estimate of drug-likeness (QED) is 0.924. The number of halogens is 1. The Kier molecular flexibility index (Phi) is 4.33. The Hall–Kier alpha value is -0.550. The van der Waals surface area contributed by atoms with Crippen molar-refractivity contribution in [2.75, 3.05) is 11.6 Å². The zero-order chi connectivity index (χ0) is 13.2. The molecule has 0 heterocycles. The van der Waals surface area contributed by atoms with Gasteiger partial charge in [0.25, 0.3) is 0 Å². The largest absolute Gasteiger partial charge is 0.382 e. The summed E-state index contributed by atoms with van der Waals surface area (Å²) >= 11 is 3.43. The van der Waals surface area contributed by atoms with Crippen molar-refractivity contribution in [2.24, 2.45) is 0 Å². The molecule has 1 aromatic rings. The second-order valence-corrected chi connectivity index (χ2v) is 8.21. The average Bonchev–Trinajstić information content (AvgIpc) is 2.28. The molecule has 0 spiro atoms. The molecule has 1 N–H and O–H groups in total. The Bertz CT molecular complexity index is 515. The van der Waals surface area contributed by atoms with Crippen molar-refractivity contribution in [1.82, 2.24) is 0 Å². The van der Waals surface area contributed by atoms with E-state index in [-0.39, 0.29) is 11.3 Å². The smallest absolute Gasteiger partial charge is 0.150 e. The van der Waals surface area contributed by atoms with E-state index in [0.717, 1.165) is 29.4 Å². The number of sulfone groups is 1. The van der Waals surface area contributed by atoms with E-state index in [9.17, 15) is 8.42 Å². The van der Waals surface area contributed by atoms with Gasteiger partial charge in [-0.2, -0.15) is 0 Å². The molecule has 1 saturated carbocycles. The molecule has 2 unspecified atom stereocenters. The lowest BCUT2D eigenvalue weighted by atomic mass is 9.95. The molecule has 2 atom stereocenters. The van der Waals surface area contributed by atoms with Gasteiger partial charge in [0.05, 0.1) is 5.25 Å². The molecule has 0 aromatic heterocycles. The van der Waals surface area contributed by atoms with Crippen LogP contribution in [0.1, 0.15) is 25.7 Å². The highest BCUT2D eigenvalue weighted by Gasteiger charge is 2.28. The van der Waals surface area contributed by atoms with Crippen molar-refractivity contribution in [3.8, 4) is 0 Å². The molecule has 5 heteroatoms. The van der Waals surface area contributed by atoms with Gasteiger partial charge in [-0.05, 0) is 37.5 Å². The van der Waals surface area contributed by atoms with Gasteiger partial charge in [0.15, 0.2) is 0 Å². The van der Waals surface area contributed by atoms with Gasteiger partial charge in [0.1, 0.15) is 9.84 Å². The molecule has 3 nitrogen and oxygen atoms in total. The number of rotatable bonds is 3. The zero-order valence-electron chi connectivity index (χ0n) is 10.4. The van der Waals surface area contributed by atoms with Gasteiger partial charge in [0, 0.05) is 22.5 Å². The van der Waals surface area contributed by atoms with Gasteiger partial charge in [0.2, 0.25) is 0 Å². The maximum atomic E-state index is 11.6. The first-order chi connectivity index (χ1) is 8.45. The molecule has 1 aliphatic carbocycles. The highest BCUT2D eigenvalue weighted by molar-refractivity contribution is 9.10. The molecule has 1 aromatic carbocycles. The average molecular weight is 332 g/mol. The van der Waals surface area contributed by atoms with Crippen molar-refractivity contribution in [1.29, 1.82) is 0 Å². The lowest BCUT2D eigenvalue weighted by Crippen LogP contribution is -2.34. The SMILES string of the molecule is CS(=O)(=O)C1CCCC(Nc2cccc(Br)c2)C1. The Labute approximate surface area is 117 Å². The van der Waals surface area contributed by atoms with E-state index in [2.05, 4.69) is 21.2 Å². The molecule has 0 aliphatic heterocycles. The lowest BCUT2D eigenvalue weighted by molar-refractivity contribution is 0.453. The minimum atomic E-state index is -2.91. The summed E-state index contributed by atoms with van der Waals surface area (Å²) in [6, 6.07) is 8.24. The fraction of sp³-hybridized carbons (Fsp3) is 0.538. The van der Waals surface area contributed by atoms with Crippen LogP contribution in [0.2, 0.25) is 0 Å². The van der Waals surface area contributed by atoms with Crippen molar-refractivity contribution in [2.45, 2.75) is 37.0 Å². The van der Waals surface area contributed by atoms with E-state index < -0.39 is 9.84 Å². The van der Waals surface area contributed by atoms with E-state index in [1.54, 1.807) is 0 Å². The number of benzene rings is 1. The summed E-state index contributed by atoms with van der Waals surface area (Å²) in [5.41, 5.74) is 1.04. The molecule has 100 valence electrons. The third-order valence-corrected chi connectivity index (χ3v) is 5.56. The Balaban J connectivity index is 2.02. The van der Waals surface area contributed by atoms with Gasteiger partial charge in [-0.25, -0.2) is 8.42 Å². The first kappa shape index (κ1) is 13.9. The molecule has 0 saturated heterocycles. The molecular weight excluding hydrogens is 314 g/mol. The Morgan fingerprint density at radius 1 is 1.33 bits per heavy atom. The van der Waals surface area contributed by atoms with E-state index >= 15 is 0 Å². The first-order valence-electron chi connectivity index (χ1n) is 6.16. The standard InChI is InChI=1S/C13H18BrNO2S/c1-18(16,17)13-7-3-6-12(9-13)15-11-5-2-4-10(14)8-11/h2,4-5,8,12-13,15H,3,6-7,9H2,1H3. The van der Waals surface area contributed by atoms with Crippen molar-refractivity contribution < 1.29 is 8.42 Å². The third kappa shape index (κ3) is 3.72. The maximum Gasteiger partial charge on any atom is 0.150 e. The Morgan fingerprint density at radius 3 is 2.78 bits per heavy atom. The zero-order valence-corrected chi connectivity index (χ0v) is 12.8. The number of anilines is 1. The molecule has 0 bridgehead atoms. The predicted octanol–water partition coefficient (Wildman–Crippen LogP) is 3.22. The predicted molar refractivity (Wildman–Crippen MR) is 78.7 cm³/mol. The van der Waals surface area contributed by atoms with Crippen LogP contribution in [0.15, 0.2) is 28.7 Å². The fourth-order valence-corrected chi connectivity index (χ4v) is 4.05. The number of hydrogen-bond acceptors (Lipinski definition) is 3. The topological polar surface area (TPSA) is 46.2 Å². The molecule has 0 amide bonds. The van der Waals surface area contributed by atoms with Gasteiger partial charge < -0.3 is 5.32 Å². The van der Waals surface area contributed by atoms with Gasteiger partial charge in [-0.15, -0.1) is 0 Å². The minimum Gasteiger partial charge on any atom is -0.382 e. The Morgan fingerprint density at radius 2 is 2.11 bits per heavy atom. The molecule has 0 radical (unpaired) electrons. The lowest BCUT2D eigenvalue weighted by Gasteiger charge is -2.29. The van der Waals surface area contributed by atoms with Gasteiger partial charge in [-0.3, -0.25) is 0 Å². The fourth-order valence-electron chi connectivity index (χ4n) is 2.48. The van der Waals surface area contributed by atoms with Crippen LogP contribution >= 0.6 is 15.9 Å². The maximum absolute atomic E-state index is 11.6. The summed E-state index contributed by atoms with van der Waals surface area (Å²) in [5.74, 6) is 0. The molecule has 1 fully saturated rings. The van der Waals surface area contributed by atoms with Crippen LogP contribution < -0.4 is 5.32 Å². The van der Waals surface area contributed by atoms with Crippen molar-refractivity contribution >= 4 is 31.5 Å². The van der Waals surface area contributed by atoms with Crippen LogP contribution in [0, 0.1) is 0 Å². The van der Waals surface area contributed by atoms with Crippen LogP contribution in [0.4, 0.5) is 5.69 Å². The van der Waals surface area contributed by atoms with Crippen LogP contribution in [-0.2, 0) is 9.84 Å². The van der Waals surface area contributed by atoms with Crippen LogP contribution in [0.3, 0.4) is 0 Å². The van der Waals surface area contributed by atoms with Crippen LogP contribution in [-0.4, -0.2) is 26.0 Å². The van der Waals surface area contributed by atoms with E-state index in [1.807, 2.05) is 24.3 Å². The normalized spacial score (nSPS) is 24.8. The first-order valence-corrected chi connectivity index (χ1v) is 8.91.